The number of amides is 1. The summed E-state index contributed by atoms with van der Waals surface area (Å²) in [5, 5.41) is 0. The highest BCUT2D eigenvalue weighted by Gasteiger charge is 2.12. The minimum absolute atomic E-state index is 0.384. The van der Waals surface area contributed by atoms with E-state index in [4.69, 9.17) is 4.74 Å². The average Bonchev–Trinajstić information content (AvgIpc) is 2.52. The molecule has 20 heavy (non-hydrogen) atoms. The molecule has 0 radical (unpaired) electrons. The zero-order chi connectivity index (χ0) is 14.4. The normalized spacial score (nSPS) is 10.5. The Balaban J connectivity index is 2.29. The van der Waals surface area contributed by atoms with E-state index in [0.717, 1.165) is 16.8 Å². The molecule has 0 heterocycles. The highest BCUT2D eigenvalue weighted by molar-refractivity contribution is 5.91. The van der Waals surface area contributed by atoms with Crippen molar-refractivity contribution in [2.45, 2.75) is 0 Å². The van der Waals surface area contributed by atoms with Crippen LogP contribution in [0.15, 0.2) is 54.6 Å². The molecule has 3 nitrogen and oxygen atoms in total. The van der Waals surface area contributed by atoms with Gasteiger partial charge in [-0.2, -0.15) is 0 Å². The van der Waals surface area contributed by atoms with E-state index in [1.54, 1.807) is 7.05 Å². The minimum atomic E-state index is -0.384. The average molecular weight is 267 g/mol. The van der Waals surface area contributed by atoms with E-state index in [2.05, 4.69) is 0 Å². The van der Waals surface area contributed by atoms with Crippen molar-refractivity contribution in [1.82, 2.24) is 0 Å². The number of carbonyl (C=O) groups is 1. The molecule has 0 aromatic heterocycles. The van der Waals surface area contributed by atoms with Crippen LogP contribution in [0.3, 0.4) is 0 Å². The van der Waals surface area contributed by atoms with Gasteiger partial charge in [0.15, 0.2) is 0 Å². The van der Waals surface area contributed by atoms with Gasteiger partial charge in [-0.15, -0.1) is 0 Å². The third kappa shape index (κ3) is 3.26. The first kappa shape index (κ1) is 13.9. The fraction of sp³-hybridized carbons (Fsp3) is 0.118. The number of anilines is 1. The van der Waals surface area contributed by atoms with Gasteiger partial charge in [0.05, 0.1) is 12.8 Å². The Labute approximate surface area is 119 Å². The summed E-state index contributed by atoms with van der Waals surface area (Å²) in [6, 6.07) is 17.7. The van der Waals surface area contributed by atoms with Crippen LogP contribution in [-0.4, -0.2) is 20.3 Å². The van der Waals surface area contributed by atoms with Crippen molar-refractivity contribution in [2.75, 3.05) is 19.1 Å². The first-order valence-corrected chi connectivity index (χ1v) is 6.36. The van der Waals surface area contributed by atoms with Gasteiger partial charge in [0.25, 0.3) is 0 Å². The lowest BCUT2D eigenvalue weighted by atomic mass is 10.1. The van der Waals surface area contributed by atoms with Crippen LogP contribution in [0.2, 0.25) is 0 Å². The van der Waals surface area contributed by atoms with Crippen molar-refractivity contribution in [3.05, 3.63) is 65.7 Å². The van der Waals surface area contributed by atoms with E-state index in [0.29, 0.717) is 0 Å². The summed E-state index contributed by atoms with van der Waals surface area (Å²) in [7, 11) is 3.07. The number of ether oxygens (including phenoxy) is 1. The van der Waals surface area contributed by atoms with Crippen molar-refractivity contribution < 1.29 is 9.53 Å². The van der Waals surface area contributed by atoms with Crippen molar-refractivity contribution in [3.63, 3.8) is 0 Å². The summed E-state index contributed by atoms with van der Waals surface area (Å²) >= 11 is 0. The monoisotopic (exact) mass is 267 g/mol. The Morgan fingerprint density at radius 3 is 2.35 bits per heavy atom. The standard InChI is InChI=1S/C17H17NO2/c1-18(17(19)20-2)16-11-7-6-10-15(16)13-12-14-8-4-3-5-9-14/h3-13H,1-2H3/b13-12+. The first-order chi connectivity index (χ1) is 9.72. The molecule has 0 aliphatic carbocycles. The number of hydrogen-bond donors (Lipinski definition) is 0. The third-order valence-electron chi connectivity index (χ3n) is 3.00. The second-order valence-corrected chi connectivity index (χ2v) is 4.33. The Kier molecular flexibility index (Phi) is 4.56. The molecule has 2 aromatic carbocycles. The van der Waals surface area contributed by atoms with Crippen LogP contribution in [0.25, 0.3) is 12.2 Å². The summed E-state index contributed by atoms with van der Waals surface area (Å²) in [6.45, 7) is 0. The maximum Gasteiger partial charge on any atom is 0.413 e. The molecule has 3 heteroatoms. The second-order valence-electron chi connectivity index (χ2n) is 4.33. The van der Waals surface area contributed by atoms with E-state index >= 15 is 0 Å². The van der Waals surface area contributed by atoms with Crippen molar-refractivity contribution in [2.24, 2.45) is 0 Å². The Bertz CT molecular complexity index is 605. The van der Waals surface area contributed by atoms with Gasteiger partial charge in [-0.1, -0.05) is 60.7 Å². The molecule has 0 aliphatic rings. The van der Waals surface area contributed by atoms with Crippen LogP contribution in [0.5, 0.6) is 0 Å². The van der Waals surface area contributed by atoms with E-state index in [1.165, 1.54) is 12.0 Å². The van der Waals surface area contributed by atoms with Gasteiger partial charge in [-0.25, -0.2) is 4.79 Å². The Morgan fingerprint density at radius 1 is 1.00 bits per heavy atom. The zero-order valence-corrected chi connectivity index (χ0v) is 11.6. The number of methoxy groups -OCH3 is 1. The fourth-order valence-electron chi connectivity index (χ4n) is 1.92. The van der Waals surface area contributed by atoms with Crippen molar-refractivity contribution in [1.29, 1.82) is 0 Å². The van der Waals surface area contributed by atoms with E-state index in [1.807, 2.05) is 66.7 Å². The van der Waals surface area contributed by atoms with Gasteiger partial charge in [-0.05, 0) is 17.2 Å². The molecule has 0 saturated heterocycles. The molecular weight excluding hydrogens is 250 g/mol. The molecule has 0 spiro atoms. The van der Waals surface area contributed by atoms with Gasteiger partial charge < -0.3 is 4.74 Å². The number of para-hydroxylation sites is 1. The highest BCUT2D eigenvalue weighted by Crippen LogP contribution is 2.22. The Hall–Kier alpha value is -2.55. The van der Waals surface area contributed by atoms with Crippen LogP contribution in [-0.2, 0) is 4.74 Å². The van der Waals surface area contributed by atoms with Crippen LogP contribution in [0, 0.1) is 0 Å². The summed E-state index contributed by atoms with van der Waals surface area (Å²) in [6.07, 6.45) is 3.62. The predicted octanol–water partition coefficient (Wildman–Crippen LogP) is 4.06. The van der Waals surface area contributed by atoms with Gasteiger partial charge in [0, 0.05) is 7.05 Å². The molecule has 2 rings (SSSR count). The topological polar surface area (TPSA) is 29.5 Å². The maximum absolute atomic E-state index is 11.6. The number of nitrogens with zero attached hydrogens (tertiary/aromatic N) is 1. The van der Waals surface area contributed by atoms with Gasteiger partial charge in [0.1, 0.15) is 0 Å². The van der Waals surface area contributed by atoms with Crippen LogP contribution in [0.4, 0.5) is 10.5 Å². The van der Waals surface area contributed by atoms with Crippen LogP contribution in [0.1, 0.15) is 11.1 Å². The molecule has 0 saturated carbocycles. The van der Waals surface area contributed by atoms with E-state index in [9.17, 15) is 4.79 Å². The number of hydrogen-bond acceptors (Lipinski definition) is 2. The zero-order valence-electron chi connectivity index (χ0n) is 11.6. The summed E-state index contributed by atoms with van der Waals surface area (Å²) in [5.74, 6) is 0. The summed E-state index contributed by atoms with van der Waals surface area (Å²) in [5.41, 5.74) is 2.89. The SMILES string of the molecule is COC(=O)N(C)c1ccccc1/C=C/c1ccccc1. The second kappa shape index (κ2) is 6.57. The third-order valence-corrected chi connectivity index (χ3v) is 3.00. The number of rotatable bonds is 3. The highest BCUT2D eigenvalue weighted by atomic mass is 16.5. The Morgan fingerprint density at radius 2 is 1.65 bits per heavy atom. The number of carbonyl (C=O) groups excluding carboxylic acids is 1. The lowest BCUT2D eigenvalue weighted by molar-refractivity contribution is 0.180. The quantitative estimate of drug-likeness (QED) is 0.785. The lowest BCUT2D eigenvalue weighted by Gasteiger charge is -2.17. The number of benzene rings is 2. The molecular formula is C17H17NO2. The van der Waals surface area contributed by atoms with Gasteiger partial charge in [-0.3, -0.25) is 4.90 Å². The minimum Gasteiger partial charge on any atom is -0.452 e. The molecule has 2 aromatic rings. The van der Waals surface area contributed by atoms with Gasteiger partial charge in [0.2, 0.25) is 0 Å². The molecule has 0 bridgehead atoms. The smallest absolute Gasteiger partial charge is 0.413 e. The van der Waals surface area contributed by atoms with Crippen molar-refractivity contribution >= 4 is 23.9 Å². The van der Waals surface area contributed by atoms with Crippen LogP contribution >= 0.6 is 0 Å². The first-order valence-electron chi connectivity index (χ1n) is 6.36. The molecule has 0 atom stereocenters. The molecule has 0 aliphatic heterocycles. The summed E-state index contributed by atoms with van der Waals surface area (Å²) in [4.78, 5) is 13.1. The fourth-order valence-corrected chi connectivity index (χ4v) is 1.92. The maximum atomic E-state index is 11.6. The summed E-state index contributed by atoms with van der Waals surface area (Å²) < 4.78 is 4.75. The molecule has 102 valence electrons. The van der Waals surface area contributed by atoms with Gasteiger partial charge >= 0.3 is 6.09 Å². The predicted molar refractivity (Wildman–Crippen MR) is 82.6 cm³/mol. The molecule has 0 fully saturated rings. The molecule has 0 unspecified atom stereocenters. The molecule has 0 N–H and O–H groups in total. The van der Waals surface area contributed by atoms with Crippen LogP contribution < -0.4 is 4.90 Å². The van der Waals surface area contributed by atoms with Crippen molar-refractivity contribution in [3.8, 4) is 0 Å². The lowest BCUT2D eigenvalue weighted by Crippen LogP contribution is -2.26. The van der Waals surface area contributed by atoms with E-state index < -0.39 is 0 Å². The van der Waals surface area contributed by atoms with E-state index in [-0.39, 0.29) is 6.09 Å². The molecule has 1 amide bonds. The largest absolute Gasteiger partial charge is 0.452 e.